The van der Waals surface area contributed by atoms with Crippen LogP contribution in [0.2, 0.25) is 0 Å². The average molecular weight is 241 g/mol. The molecule has 0 aliphatic heterocycles. The van der Waals surface area contributed by atoms with Gasteiger partial charge in [0, 0.05) is 0 Å². The van der Waals surface area contributed by atoms with Crippen molar-refractivity contribution in [1.82, 2.24) is 14.9 Å². The maximum Gasteiger partial charge on any atom is 0.428 e. The topological polar surface area (TPSA) is 98.2 Å². The van der Waals surface area contributed by atoms with E-state index in [0.717, 1.165) is 11.3 Å². The lowest BCUT2D eigenvalue weighted by Crippen LogP contribution is -2.24. The molecule has 7 nitrogen and oxygen atoms in total. The Kier molecular flexibility index (Phi) is 3.45. The van der Waals surface area contributed by atoms with Crippen molar-refractivity contribution in [3.8, 4) is 5.19 Å². The predicted octanol–water partition coefficient (Wildman–Crippen LogP) is -0.558. The zero-order valence-electron chi connectivity index (χ0n) is 5.83. The van der Waals surface area contributed by atoms with Crippen molar-refractivity contribution in [3.05, 3.63) is 0 Å². The Hall–Kier alpha value is -0.870. The second kappa shape index (κ2) is 4.39. The molecule has 0 unspecified atom stereocenters. The Balaban J connectivity index is 2.54. The number of nitrogens with one attached hydrogen (secondary N) is 1. The van der Waals surface area contributed by atoms with E-state index in [1.165, 1.54) is 4.72 Å². The van der Waals surface area contributed by atoms with Gasteiger partial charge in [-0.25, -0.2) is 17.9 Å². The molecule has 13 heavy (non-hydrogen) atoms. The van der Waals surface area contributed by atoms with Crippen LogP contribution in [-0.4, -0.2) is 24.7 Å². The minimum atomic E-state index is -3.02. The van der Waals surface area contributed by atoms with Gasteiger partial charge in [-0.1, -0.05) is 5.10 Å². The fourth-order valence-electron chi connectivity index (χ4n) is 0.420. The highest BCUT2D eigenvalue weighted by Gasteiger charge is 2.08. The van der Waals surface area contributed by atoms with E-state index in [9.17, 15) is 13.2 Å². The molecule has 1 N–H and O–H groups in total. The molecule has 1 aromatic heterocycles. The molecule has 0 aliphatic carbocycles. The highest BCUT2D eigenvalue weighted by atomic mass is 32.2. The lowest BCUT2D eigenvalue weighted by molar-refractivity contribution is 0.206. The van der Waals surface area contributed by atoms with Gasteiger partial charge in [-0.2, -0.15) is 0 Å². The smallest absolute Gasteiger partial charge is 0.379 e. The number of rotatable bonds is 2. The van der Waals surface area contributed by atoms with E-state index in [1.54, 1.807) is 0 Å². The molecule has 0 atom stereocenters. The largest absolute Gasteiger partial charge is 0.428 e. The standard InChI is InChI=1S/C3H3N3O4S3/c7-1(6-13(8)9)10-2-4-5-3(11)12-2/h13H,(H,5,11)(H,6,7,8,9). The highest BCUT2D eigenvalue weighted by molar-refractivity contribution is 7.82. The Labute approximate surface area is 83.6 Å². The van der Waals surface area contributed by atoms with Gasteiger partial charge in [0.15, 0.2) is 4.34 Å². The molecule has 0 aliphatic rings. The van der Waals surface area contributed by atoms with Crippen molar-refractivity contribution in [2.45, 2.75) is 4.34 Å². The quantitative estimate of drug-likeness (QED) is 0.600. The summed E-state index contributed by atoms with van der Waals surface area (Å²) < 4.78 is 26.2. The van der Waals surface area contributed by atoms with Crippen LogP contribution in [0, 0.1) is 0 Å². The number of carbonyl (C=O) groups is 1. The zero-order valence-corrected chi connectivity index (χ0v) is 8.44. The zero-order chi connectivity index (χ0) is 9.84. The van der Waals surface area contributed by atoms with Gasteiger partial charge in [-0.3, -0.25) is 0 Å². The van der Waals surface area contributed by atoms with Crippen LogP contribution in [0.4, 0.5) is 4.79 Å². The first-order valence-corrected chi connectivity index (χ1v) is 5.17. The van der Waals surface area contributed by atoms with E-state index in [1.807, 2.05) is 0 Å². The van der Waals surface area contributed by atoms with Gasteiger partial charge >= 0.3 is 11.3 Å². The Morgan fingerprint density at radius 1 is 1.54 bits per heavy atom. The van der Waals surface area contributed by atoms with Crippen molar-refractivity contribution in [3.63, 3.8) is 0 Å². The molecule has 0 fully saturated rings. The van der Waals surface area contributed by atoms with Gasteiger partial charge in [-0.05, 0) is 11.3 Å². The number of hydrogen-bond acceptors (Lipinski definition) is 8. The monoisotopic (exact) mass is 241 g/mol. The van der Waals surface area contributed by atoms with E-state index in [0.29, 0.717) is 4.34 Å². The van der Waals surface area contributed by atoms with E-state index < -0.39 is 17.0 Å². The number of carbonyl (C=O) groups excluding carboxylic acids is 1. The summed E-state index contributed by atoms with van der Waals surface area (Å²) in [5.41, 5.74) is 0. The lowest BCUT2D eigenvalue weighted by Gasteiger charge is -1.94. The summed E-state index contributed by atoms with van der Waals surface area (Å²) in [4.78, 5) is 10.6. The molecule has 1 aromatic rings. The number of thiol groups is 2. The number of aromatic nitrogens is 2. The molecule has 1 heterocycles. The Bertz CT molecular complexity index is 377. The summed E-state index contributed by atoms with van der Waals surface area (Å²) in [6.45, 7) is 0. The second-order valence-corrected chi connectivity index (χ2v) is 4.01. The molecule has 0 saturated carbocycles. The first kappa shape index (κ1) is 10.2. The fourth-order valence-corrected chi connectivity index (χ4v) is 1.33. The van der Waals surface area contributed by atoms with Crippen molar-refractivity contribution >= 4 is 40.9 Å². The predicted molar refractivity (Wildman–Crippen MR) is 46.6 cm³/mol. The van der Waals surface area contributed by atoms with Crippen molar-refractivity contribution in [1.29, 1.82) is 0 Å². The van der Waals surface area contributed by atoms with Gasteiger partial charge in [0.25, 0.3) is 0 Å². The molecule has 0 radical (unpaired) electrons. The van der Waals surface area contributed by atoms with Gasteiger partial charge in [0.05, 0.1) is 0 Å². The van der Waals surface area contributed by atoms with E-state index >= 15 is 0 Å². The molecular weight excluding hydrogens is 238 g/mol. The Morgan fingerprint density at radius 2 is 2.23 bits per heavy atom. The average Bonchev–Trinajstić information content (AvgIpc) is 2.33. The van der Waals surface area contributed by atoms with Crippen LogP contribution >= 0.6 is 24.0 Å². The molecule has 1 amide bonds. The normalized spacial score (nSPS) is 10.0. The number of hydrogen-bond donors (Lipinski definition) is 3. The molecule has 72 valence electrons. The third kappa shape index (κ3) is 3.57. The van der Waals surface area contributed by atoms with Crippen molar-refractivity contribution in [2.75, 3.05) is 0 Å². The van der Waals surface area contributed by atoms with E-state index in [2.05, 4.69) is 27.6 Å². The fraction of sp³-hybridized carbons (Fsp3) is 0. The van der Waals surface area contributed by atoms with Crippen LogP contribution in [0.3, 0.4) is 0 Å². The number of ether oxygens (including phenoxy) is 1. The van der Waals surface area contributed by atoms with Gasteiger partial charge < -0.3 is 4.74 Å². The molecular formula is C3H3N3O4S3. The maximum absolute atomic E-state index is 10.6. The number of amides is 1. The van der Waals surface area contributed by atoms with E-state index in [4.69, 9.17) is 0 Å². The summed E-state index contributed by atoms with van der Waals surface area (Å²) in [5.74, 6) is 0. The maximum atomic E-state index is 10.6. The molecule has 0 bridgehead atoms. The highest BCUT2D eigenvalue weighted by Crippen LogP contribution is 2.19. The van der Waals surface area contributed by atoms with Crippen LogP contribution < -0.4 is 9.46 Å². The summed E-state index contributed by atoms with van der Waals surface area (Å²) in [6, 6.07) is 0. The minimum absolute atomic E-state index is 0.0700. The van der Waals surface area contributed by atoms with Crippen molar-refractivity contribution < 1.29 is 17.9 Å². The van der Waals surface area contributed by atoms with Gasteiger partial charge in [0.1, 0.15) is 0 Å². The van der Waals surface area contributed by atoms with Crippen LogP contribution in [0.15, 0.2) is 4.34 Å². The SMILES string of the molecule is O=C(N[SH](=O)=O)Oc1nnc(S)s1. The molecule has 10 heteroatoms. The molecule has 1 rings (SSSR count). The van der Waals surface area contributed by atoms with Crippen LogP contribution in [0.5, 0.6) is 5.19 Å². The molecule has 0 spiro atoms. The van der Waals surface area contributed by atoms with Crippen LogP contribution in [0.25, 0.3) is 0 Å². The summed E-state index contributed by atoms with van der Waals surface area (Å²) in [7, 11) is -3.02. The van der Waals surface area contributed by atoms with Crippen LogP contribution in [0.1, 0.15) is 0 Å². The van der Waals surface area contributed by atoms with Crippen molar-refractivity contribution in [2.24, 2.45) is 0 Å². The first-order chi connectivity index (χ1) is 6.08. The van der Waals surface area contributed by atoms with Crippen LogP contribution in [-0.2, 0) is 10.9 Å². The third-order valence-electron chi connectivity index (χ3n) is 0.758. The number of nitrogens with zero attached hydrogens (tertiary/aromatic N) is 2. The third-order valence-corrected chi connectivity index (χ3v) is 2.09. The van der Waals surface area contributed by atoms with Gasteiger partial charge in [0.2, 0.25) is 10.9 Å². The second-order valence-electron chi connectivity index (χ2n) is 1.61. The summed E-state index contributed by atoms with van der Waals surface area (Å²) in [5, 5.41) is 6.73. The molecule has 0 aromatic carbocycles. The summed E-state index contributed by atoms with van der Waals surface area (Å²) >= 11 is 4.72. The van der Waals surface area contributed by atoms with E-state index in [-0.39, 0.29) is 5.19 Å². The minimum Gasteiger partial charge on any atom is -0.379 e. The van der Waals surface area contributed by atoms with Gasteiger partial charge in [-0.15, -0.1) is 17.7 Å². The first-order valence-electron chi connectivity index (χ1n) is 2.73. The summed E-state index contributed by atoms with van der Waals surface area (Å²) in [6.07, 6.45) is -1.12. The Morgan fingerprint density at radius 3 is 2.69 bits per heavy atom. The molecule has 0 saturated heterocycles. The lowest BCUT2D eigenvalue weighted by atomic mass is 11.2.